The Bertz CT molecular complexity index is 423. The van der Waals surface area contributed by atoms with Crippen LogP contribution in [-0.4, -0.2) is 6.21 Å². The molecule has 0 amide bonds. The molecule has 1 aliphatic carbocycles. The maximum absolute atomic E-state index is 7.30. The molecule has 0 radical (unpaired) electrons. The summed E-state index contributed by atoms with van der Waals surface area (Å²) >= 11 is 0. The van der Waals surface area contributed by atoms with Gasteiger partial charge in [-0.2, -0.15) is 0 Å². The van der Waals surface area contributed by atoms with Crippen LogP contribution in [0.2, 0.25) is 0 Å². The van der Waals surface area contributed by atoms with E-state index in [9.17, 15) is 0 Å². The summed E-state index contributed by atoms with van der Waals surface area (Å²) in [7, 11) is 0. The van der Waals surface area contributed by atoms with Crippen molar-refractivity contribution >= 4 is 11.8 Å². The first-order chi connectivity index (χ1) is 9.74. The minimum absolute atomic E-state index is 0.723. The first-order valence-corrected chi connectivity index (χ1v) is 7.77. The number of allylic oxidation sites excluding steroid dienone is 1. The van der Waals surface area contributed by atoms with Gasteiger partial charge in [0.1, 0.15) is 0 Å². The lowest BCUT2D eigenvalue weighted by molar-refractivity contribution is 0.348. The molecule has 0 aromatic heterocycles. The molecule has 2 heteroatoms. The lowest BCUT2D eigenvalue weighted by atomic mass is 9.79. The quantitative estimate of drug-likeness (QED) is 0.751. The third kappa shape index (κ3) is 4.22. The minimum Gasteiger partial charge on any atom is -0.404 e. The molecule has 3 N–H and O–H groups in total. The molecule has 1 fully saturated rings. The number of nitrogens with one attached hydrogen (secondary N) is 1. The summed E-state index contributed by atoms with van der Waals surface area (Å²) in [5, 5.41) is 7.30. The zero-order valence-electron chi connectivity index (χ0n) is 13.0. The van der Waals surface area contributed by atoms with E-state index < -0.39 is 0 Å². The summed E-state index contributed by atoms with van der Waals surface area (Å²) in [5.74, 6) is 1.62. The number of nitrogens with two attached hydrogens (primary N) is 1. The number of hydrogen-bond donors (Lipinski definition) is 2. The zero-order valence-corrected chi connectivity index (χ0v) is 13.0. The SMILES string of the molecule is CC.CC1CCC(c2ccc(/C(C=N)=C/N)cc2)CC1. The Labute approximate surface area is 123 Å². The normalized spacial score (nSPS) is 22.6. The summed E-state index contributed by atoms with van der Waals surface area (Å²) in [5.41, 5.74) is 8.74. The molecule has 1 aromatic rings. The van der Waals surface area contributed by atoms with Crippen LogP contribution in [0.3, 0.4) is 0 Å². The van der Waals surface area contributed by atoms with Crippen molar-refractivity contribution in [3.8, 4) is 0 Å². The second-order valence-electron chi connectivity index (χ2n) is 5.35. The van der Waals surface area contributed by atoms with Crippen LogP contribution < -0.4 is 5.73 Å². The number of benzene rings is 1. The van der Waals surface area contributed by atoms with Gasteiger partial charge in [-0.1, -0.05) is 57.9 Å². The van der Waals surface area contributed by atoms with Crippen LogP contribution in [0.1, 0.15) is 63.5 Å². The fraction of sp³-hybridized carbons (Fsp3) is 0.500. The molecule has 20 heavy (non-hydrogen) atoms. The Morgan fingerprint density at radius 1 is 1.10 bits per heavy atom. The van der Waals surface area contributed by atoms with E-state index >= 15 is 0 Å². The Kier molecular flexibility index (Phi) is 7.06. The van der Waals surface area contributed by atoms with Crippen molar-refractivity contribution in [1.29, 1.82) is 5.41 Å². The Balaban J connectivity index is 0.000000956. The Morgan fingerprint density at radius 3 is 2.10 bits per heavy atom. The van der Waals surface area contributed by atoms with Crippen molar-refractivity contribution in [2.75, 3.05) is 0 Å². The van der Waals surface area contributed by atoms with Gasteiger partial charge >= 0.3 is 0 Å². The molecule has 0 heterocycles. The van der Waals surface area contributed by atoms with Gasteiger partial charge in [-0.15, -0.1) is 0 Å². The van der Waals surface area contributed by atoms with Gasteiger partial charge in [0.2, 0.25) is 0 Å². The van der Waals surface area contributed by atoms with Gasteiger partial charge in [-0.05, 0) is 35.8 Å². The van der Waals surface area contributed by atoms with Gasteiger partial charge in [-0.25, -0.2) is 0 Å². The lowest BCUT2D eigenvalue weighted by Crippen LogP contribution is -2.10. The predicted molar refractivity (Wildman–Crippen MR) is 89.1 cm³/mol. The van der Waals surface area contributed by atoms with E-state index in [2.05, 4.69) is 31.2 Å². The molecule has 0 spiro atoms. The third-order valence-corrected chi connectivity index (χ3v) is 4.07. The van der Waals surface area contributed by atoms with E-state index in [4.69, 9.17) is 11.1 Å². The zero-order chi connectivity index (χ0) is 15.0. The van der Waals surface area contributed by atoms with Crippen LogP contribution in [0.15, 0.2) is 30.5 Å². The molecule has 1 aliphatic rings. The van der Waals surface area contributed by atoms with E-state index in [1.54, 1.807) is 0 Å². The molecular weight excluding hydrogens is 244 g/mol. The molecular formula is C18H28N2. The molecule has 2 nitrogen and oxygen atoms in total. The summed E-state index contributed by atoms with van der Waals surface area (Å²) in [6, 6.07) is 8.56. The van der Waals surface area contributed by atoms with Crippen molar-refractivity contribution < 1.29 is 0 Å². The number of hydrogen-bond acceptors (Lipinski definition) is 2. The van der Waals surface area contributed by atoms with Crippen molar-refractivity contribution in [2.45, 2.75) is 52.4 Å². The summed E-state index contributed by atoms with van der Waals surface area (Å²) in [6.45, 7) is 6.35. The Morgan fingerprint density at radius 2 is 1.65 bits per heavy atom. The van der Waals surface area contributed by atoms with Gasteiger partial charge in [-0.3, -0.25) is 0 Å². The van der Waals surface area contributed by atoms with Gasteiger partial charge < -0.3 is 11.1 Å². The predicted octanol–water partition coefficient (Wildman–Crippen LogP) is 4.96. The van der Waals surface area contributed by atoms with Gasteiger partial charge in [0.05, 0.1) is 0 Å². The molecule has 0 aliphatic heterocycles. The van der Waals surface area contributed by atoms with Crippen molar-refractivity contribution in [1.82, 2.24) is 0 Å². The highest BCUT2D eigenvalue weighted by Gasteiger charge is 2.19. The first-order valence-electron chi connectivity index (χ1n) is 7.77. The third-order valence-electron chi connectivity index (χ3n) is 4.07. The molecule has 0 bridgehead atoms. The highest BCUT2D eigenvalue weighted by atomic mass is 14.5. The monoisotopic (exact) mass is 272 g/mol. The fourth-order valence-electron chi connectivity index (χ4n) is 2.77. The Hall–Kier alpha value is -1.57. The summed E-state index contributed by atoms with van der Waals surface area (Å²) in [6.07, 6.45) is 8.11. The van der Waals surface area contributed by atoms with Crippen LogP contribution >= 0.6 is 0 Å². The van der Waals surface area contributed by atoms with E-state index in [1.165, 1.54) is 43.7 Å². The second kappa shape index (κ2) is 8.57. The molecule has 110 valence electrons. The maximum atomic E-state index is 7.30. The largest absolute Gasteiger partial charge is 0.404 e. The average Bonchev–Trinajstić information content (AvgIpc) is 2.52. The van der Waals surface area contributed by atoms with E-state index in [1.807, 2.05) is 13.8 Å². The standard InChI is InChI=1S/C16H22N2.C2H6/c1-12-2-4-13(5-3-12)14-6-8-15(9-7-14)16(10-17)11-18;1-2/h6-13,17H,2-5,18H2,1H3;1-2H3/b16-11+,17-10?;. The van der Waals surface area contributed by atoms with Gasteiger partial charge in [0.15, 0.2) is 0 Å². The van der Waals surface area contributed by atoms with Crippen molar-refractivity contribution in [3.05, 3.63) is 41.6 Å². The molecule has 0 saturated heterocycles. The van der Waals surface area contributed by atoms with Crippen molar-refractivity contribution in [3.63, 3.8) is 0 Å². The van der Waals surface area contributed by atoms with Gasteiger partial charge in [0, 0.05) is 18.0 Å². The molecule has 2 rings (SSSR count). The van der Waals surface area contributed by atoms with Crippen LogP contribution in [0.4, 0.5) is 0 Å². The van der Waals surface area contributed by atoms with E-state index in [0.717, 1.165) is 23.0 Å². The maximum Gasteiger partial charge on any atom is 0.0270 e. The van der Waals surface area contributed by atoms with Crippen LogP contribution in [0.25, 0.3) is 5.57 Å². The van der Waals surface area contributed by atoms with E-state index in [-0.39, 0.29) is 0 Å². The first kappa shape index (κ1) is 16.5. The summed E-state index contributed by atoms with van der Waals surface area (Å²) < 4.78 is 0. The van der Waals surface area contributed by atoms with E-state index in [0.29, 0.717) is 0 Å². The fourth-order valence-corrected chi connectivity index (χ4v) is 2.77. The molecule has 0 atom stereocenters. The van der Waals surface area contributed by atoms with Gasteiger partial charge in [0.25, 0.3) is 0 Å². The molecule has 0 unspecified atom stereocenters. The lowest BCUT2D eigenvalue weighted by Gasteiger charge is -2.26. The average molecular weight is 272 g/mol. The highest BCUT2D eigenvalue weighted by molar-refractivity contribution is 6.08. The smallest absolute Gasteiger partial charge is 0.0270 e. The van der Waals surface area contributed by atoms with Crippen LogP contribution in [-0.2, 0) is 0 Å². The molecule has 1 saturated carbocycles. The minimum atomic E-state index is 0.723. The second-order valence-corrected chi connectivity index (χ2v) is 5.35. The summed E-state index contributed by atoms with van der Waals surface area (Å²) in [4.78, 5) is 0. The van der Waals surface area contributed by atoms with Crippen LogP contribution in [0, 0.1) is 11.3 Å². The highest BCUT2D eigenvalue weighted by Crippen LogP contribution is 2.35. The molecule has 1 aromatic carbocycles. The topological polar surface area (TPSA) is 49.9 Å². The van der Waals surface area contributed by atoms with Crippen molar-refractivity contribution in [2.24, 2.45) is 11.7 Å². The number of rotatable bonds is 3. The van der Waals surface area contributed by atoms with Crippen LogP contribution in [0.5, 0.6) is 0 Å².